The van der Waals surface area contributed by atoms with Gasteiger partial charge in [-0.3, -0.25) is 9.69 Å². The van der Waals surface area contributed by atoms with E-state index in [1.807, 2.05) is 6.07 Å². The minimum absolute atomic E-state index is 0.0241. The maximum absolute atomic E-state index is 13.6. The first-order valence-electron chi connectivity index (χ1n) is 8.48. The third kappa shape index (κ3) is 3.05. The van der Waals surface area contributed by atoms with E-state index >= 15 is 0 Å². The molecule has 5 heteroatoms. The molecular formula is C20H20FNO3. The van der Waals surface area contributed by atoms with Crippen LogP contribution in [0.3, 0.4) is 0 Å². The van der Waals surface area contributed by atoms with Crippen LogP contribution >= 0.6 is 0 Å². The predicted octanol–water partition coefficient (Wildman–Crippen LogP) is 3.36. The number of rotatable bonds is 4. The largest absolute Gasteiger partial charge is 0.497 e. The lowest BCUT2D eigenvalue weighted by atomic mass is 9.96. The number of Topliss-reactive ketones (excluding diaryl/α,β-unsaturated/α-hetero) is 1. The van der Waals surface area contributed by atoms with Crippen molar-refractivity contribution in [1.29, 1.82) is 0 Å². The van der Waals surface area contributed by atoms with Gasteiger partial charge in [0, 0.05) is 30.1 Å². The third-order valence-electron chi connectivity index (χ3n) is 5.06. The first-order valence-corrected chi connectivity index (χ1v) is 8.48. The van der Waals surface area contributed by atoms with Gasteiger partial charge in [0.1, 0.15) is 17.8 Å². The summed E-state index contributed by atoms with van der Waals surface area (Å²) in [7, 11) is 1.60. The Labute approximate surface area is 146 Å². The van der Waals surface area contributed by atoms with Crippen molar-refractivity contribution in [3.8, 4) is 5.75 Å². The van der Waals surface area contributed by atoms with Gasteiger partial charge in [0.05, 0.1) is 13.7 Å². The number of nitrogens with zero attached hydrogens (tertiary/aromatic N) is 1. The Morgan fingerprint density at radius 3 is 2.84 bits per heavy atom. The van der Waals surface area contributed by atoms with Crippen LogP contribution in [0, 0.1) is 5.82 Å². The predicted molar refractivity (Wildman–Crippen MR) is 91.2 cm³/mol. The van der Waals surface area contributed by atoms with Crippen molar-refractivity contribution in [2.45, 2.75) is 25.1 Å². The summed E-state index contributed by atoms with van der Waals surface area (Å²) in [5, 5.41) is 0. The highest BCUT2D eigenvalue weighted by Crippen LogP contribution is 2.38. The molecule has 0 aromatic heterocycles. The monoisotopic (exact) mass is 341 g/mol. The molecule has 0 aliphatic carbocycles. The molecule has 25 heavy (non-hydrogen) atoms. The number of hydrogen-bond acceptors (Lipinski definition) is 4. The second kappa shape index (κ2) is 6.58. The molecular weight excluding hydrogens is 321 g/mol. The second-order valence-corrected chi connectivity index (χ2v) is 6.53. The number of methoxy groups -OCH3 is 1. The smallest absolute Gasteiger partial charge is 0.164 e. The summed E-state index contributed by atoms with van der Waals surface area (Å²) in [6.07, 6.45) is 1.00. The summed E-state index contributed by atoms with van der Waals surface area (Å²) in [4.78, 5) is 14.8. The van der Waals surface area contributed by atoms with E-state index in [1.54, 1.807) is 37.4 Å². The number of fused-ring (bicyclic) bond motifs is 3. The van der Waals surface area contributed by atoms with Crippen LogP contribution in [-0.2, 0) is 11.2 Å². The number of benzene rings is 2. The van der Waals surface area contributed by atoms with Crippen molar-refractivity contribution in [2.24, 2.45) is 0 Å². The number of hydrogen-bond donors (Lipinski definition) is 0. The van der Waals surface area contributed by atoms with Crippen LogP contribution < -0.4 is 4.74 Å². The molecule has 0 unspecified atom stereocenters. The van der Waals surface area contributed by atoms with Crippen LogP contribution in [0.5, 0.6) is 5.75 Å². The molecule has 2 atom stereocenters. The number of halogens is 1. The van der Waals surface area contributed by atoms with E-state index in [-0.39, 0.29) is 23.9 Å². The molecule has 1 fully saturated rings. The van der Waals surface area contributed by atoms with Gasteiger partial charge < -0.3 is 9.47 Å². The fraction of sp³-hybridized carbons (Fsp3) is 0.350. The quantitative estimate of drug-likeness (QED) is 0.800. The summed E-state index contributed by atoms with van der Waals surface area (Å²) < 4.78 is 24.6. The van der Waals surface area contributed by atoms with Crippen molar-refractivity contribution in [2.75, 3.05) is 20.3 Å². The first-order chi connectivity index (χ1) is 12.2. The SMILES string of the molecule is COc1ccc(C(=O)C[C@@H]2CO[C@H]3c4cc(F)ccc4CCN23)cc1. The summed E-state index contributed by atoms with van der Waals surface area (Å²) in [5.41, 5.74) is 2.70. The van der Waals surface area contributed by atoms with Gasteiger partial charge in [-0.15, -0.1) is 0 Å². The minimum atomic E-state index is -0.248. The molecule has 1 saturated heterocycles. The summed E-state index contributed by atoms with van der Waals surface area (Å²) in [5.74, 6) is 0.569. The average molecular weight is 341 g/mol. The highest BCUT2D eigenvalue weighted by atomic mass is 19.1. The zero-order valence-corrected chi connectivity index (χ0v) is 14.1. The van der Waals surface area contributed by atoms with Crippen LogP contribution in [0.15, 0.2) is 42.5 Å². The standard InChI is InChI=1S/C20H20FNO3/c1-24-17-6-3-14(4-7-17)19(23)11-16-12-25-20-18-10-15(21)5-2-13(18)8-9-22(16)20/h2-7,10,16,20H,8-9,11-12H2,1H3/t16-,20+/m1/s1. The molecule has 0 radical (unpaired) electrons. The van der Waals surface area contributed by atoms with Gasteiger partial charge in [-0.05, 0) is 48.4 Å². The molecule has 2 aliphatic rings. The zero-order chi connectivity index (χ0) is 17.4. The van der Waals surface area contributed by atoms with Crippen molar-refractivity contribution in [3.63, 3.8) is 0 Å². The molecule has 0 bridgehead atoms. The molecule has 4 rings (SSSR count). The number of ether oxygens (including phenoxy) is 2. The van der Waals surface area contributed by atoms with Crippen LogP contribution in [-0.4, -0.2) is 37.0 Å². The Balaban J connectivity index is 1.49. The molecule has 0 amide bonds. The van der Waals surface area contributed by atoms with Crippen LogP contribution in [0.4, 0.5) is 4.39 Å². The maximum Gasteiger partial charge on any atom is 0.164 e. The van der Waals surface area contributed by atoms with E-state index < -0.39 is 0 Å². The Morgan fingerprint density at radius 2 is 2.08 bits per heavy atom. The summed E-state index contributed by atoms with van der Waals surface area (Å²) >= 11 is 0. The van der Waals surface area contributed by atoms with Crippen molar-refractivity contribution < 1.29 is 18.7 Å². The Hall–Kier alpha value is -2.24. The van der Waals surface area contributed by atoms with E-state index in [0.717, 1.165) is 29.8 Å². The lowest BCUT2D eigenvalue weighted by Crippen LogP contribution is -2.39. The van der Waals surface area contributed by atoms with Crippen molar-refractivity contribution in [1.82, 2.24) is 4.90 Å². The van der Waals surface area contributed by atoms with Gasteiger partial charge in [-0.25, -0.2) is 4.39 Å². The molecule has 0 N–H and O–H groups in total. The van der Waals surface area contributed by atoms with Crippen molar-refractivity contribution >= 4 is 5.78 Å². The molecule has 130 valence electrons. The van der Waals surface area contributed by atoms with Crippen LogP contribution in [0.2, 0.25) is 0 Å². The number of ketones is 1. The molecule has 2 aliphatic heterocycles. The highest BCUT2D eigenvalue weighted by molar-refractivity contribution is 5.96. The molecule has 2 aromatic rings. The molecule has 4 nitrogen and oxygen atoms in total. The van der Waals surface area contributed by atoms with E-state index in [4.69, 9.17) is 9.47 Å². The third-order valence-corrected chi connectivity index (χ3v) is 5.06. The Kier molecular flexibility index (Phi) is 4.27. The first kappa shape index (κ1) is 16.2. The lowest BCUT2D eigenvalue weighted by molar-refractivity contribution is 0.0213. The maximum atomic E-state index is 13.6. The zero-order valence-electron chi connectivity index (χ0n) is 14.1. The lowest BCUT2D eigenvalue weighted by Gasteiger charge is -2.33. The highest BCUT2D eigenvalue weighted by Gasteiger charge is 2.39. The van der Waals surface area contributed by atoms with E-state index in [1.165, 1.54) is 6.07 Å². The van der Waals surface area contributed by atoms with Gasteiger partial charge >= 0.3 is 0 Å². The molecule has 2 aromatic carbocycles. The van der Waals surface area contributed by atoms with Crippen LogP contribution in [0.25, 0.3) is 0 Å². The Morgan fingerprint density at radius 1 is 1.28 bits per heavy atom. The van der Waals surface area contributed by atoms with Gasteiger partial charge in [0.2, 0.25) is 0 Å². The minimum Gasteiger partial charge on any atom is -0.497 e. The van der Waals surface area contributed by atoms with Crippen molar-refractivity contribution in [3.05, 3.63) is 65.0 Å². The number of carbonyl (C=O) groups excluding carboxylic acids is 1. The van der Waals surface area contributed by atoms with Gasteiger partial charge in [0.25, 0.3) is 0 Å². The molecule has 0 saturated carbocycles. The molecule has 2 heterocycles. The van der Waals surface area contributed by atoms with E-state index in [0.29, 0.717) is 18.6 Å². The Bertz CT molecular complexity index is 790. The van der Waals surface area contributed by atoms with Gasteiger partial charge in [-0.2, -0.15) is 0 Å². The average Bonchev–Trinajstić information content (AvgIpc) is 3.05. The second-order valence-electron chi connectivity index (χ2n) is 6.53. The number of carbonyl (C=O) groups is 1. The van der Waals surface area contributed by atoms with Gasteiger partial charge in [-0.1, -0.05) is 6.07 Å². The molecule has 0 spiro atoms. The fourth-order valence-corrected chi connectivity index (χ4v) is 3.71. The van der Waals surface area contributed by atoms with Gasteiger partial charge in [0.15, 0.2) is 5.78 Å². The fourth-order valence-electron chi connectivity index (χ4n) is 3.71. The summed E-state index contributed by atoms with van der Waals surface area (Å²) in [6.45, 7) is 1.31. The van der Waals surface area contributed by atoms with Crippen LogP contribution in [0.1, 0.15) is 34.1 Å². The van der Waals surface area contributed by atoms with E-state index in [9.17, 15) is 9.18 Å². The topological polar surface area (TPSA) is 38.8 Å². The normalized spacial score (nSPS) is 22.3. The summed E-state index contributed by atoms with van der Waals surface area (Å²) in [6, 6.07) is 12.1. The van der Waals surface area contributed by atoms with E-state index in [2.05, 4.69) is 4.90 Å².